The van der Waals surface area contributed by atoms with E-state index in [4.69, 9.17) is 0 Å². The van der Waals surface area contributed by atoms with Gasteiger partial charge in [-0.3, -0.25) is 9.59 Å². The quantitative estimate of drug-likeness (QED) is 0.651. The molecule has 0 aliphatic rings. The van der Waals surface area contributed by atoms with Crippen molar-refractivity contribution in [1.29, 1.82) is 0 Å². The maximum Gasteiger partial charge on any atom is 0.251 e. The fourth-order valence-electron chi connectivity index (χ4n) is 2.59. The summed E-state index contributed by atoms with van der Waals surface area (Å²) in [6.45, 7) is 2.45. The van der Waals surface area contributed by atoms with Gasteiger partial charge in [0.15, 0.2) is 0 Å². The molecular formula is C20H24FN3O4S. The lowest BCUT2D eigenvalue weighted by atomic mass is 10.2. The predicted molar refractivity (Wildman–Crippen MR) is 109 cm³/mol. The summed E-state index contributed by atoms with van der Waals surface area (Å²) in [5.74, 6) is -1.03. The van der Waals surface area contributed by atoms with Gasteiger partial charge in [0.2, 0.25) is 15.9 Å². The third-order valence-corrected chi connectivity index (χ3v) is 6.02. The number of carbonyl (C=O) groups is 2. The van der Waals surface area contributed by atoms with E-state index in [1.54, 1.807) is 24.3 Å². The Morgan fingerprint density at radius 3 is 2.45 bits per heavy atom. The number of carbonyl (C=O) groups excluding carboxylic acids is 2. The maximum atomic E-state index is 13.0. The monoisotopic (exact) mass is 421 g/mol. The van der Waals surface area contributed by atoms with Gasteiger partial charge in [0, 0.05) is 37.8 Å². The Morgan fingerprint density at radius 1 is 1.10 bits per heavy atom. The van der Waals surface area contributed by atoms with Crippen LogP contribution in [0.2, 0.25) is 0 Å². The van der Waals surface area contributed by atoms with Crippen LogP contribution in [0.1, 0.15) is 30.1 Å². The fraction of sp³-hybridized carbons (Fsp3) is 0.300. The van der Waals surface area contributed by atoms with Gasteiger partial charge in [0.1, 0.15) is 5.82 Å². The number of nitrogens with one attached hydrogen (secondary N) is 2. The number of halogens is 1. The van der Waals surface area contributed by atoms with Crippen LogP contribution < -0.4 is 10.6 Å². The molecule has 0 atom stereocenters. The largest absolute Gasteiger partial charge is 0.352 e. The Kier molecular flexibility index (Phi) is 7.86. The zero-order valence-electron chi connectivity index (χ0n) is 16.3. The summed E-state index contributed by atoms with van der Waals surface area (Å²) in [7, 11) is -2.33. The highest BCUT2D eigenvalue weighted by atomic mass is 32.2. The first kappa shape index (κ1) is 22.5. The number of hydrogen-bond acceptors (Lipinski definition) is 4. The van der Waals surface area contributed by atoms with Gasteiger partial charge < -0.3 is 10.6 Å². The molecule has 2 amide bonds. The van der Waals surface area contributed by atoms with Gasteiger partial charge in [0.05, 0.1) is 4.90 Å². The van der Waals surface area contributed by atoms with E-state index >= 15 is 0 Å². The molecule has 0 radical (unpaired) electrons. The van der Waals surface area contributed by atoms with E-state index in [2.05, 4.69) is 10.6 Å². The first-order valence-electron chi connectivity index (χ1n) is 9.14. The molecule has 29 heavy (non-hydrogen) atoms. The second-order valence-electron chi connectivity index (χ2n) is 6.37. The van der Waals surface area contributed by atoms with Crippen molar-refractivity contribution in [2.75, 3.05) is 25.5 Å². The van der Waals surface area contributed by atoms with E-state index in [1.165, 1.54) is 19.2 Å². The molecule has 2 rings (SSSR count). The molecule has 156 valence electrons. The van der Waals surface area contributed by atoms with E-state index in [0.717, 1.165) is 16.4 Å². The summed E-state index contributed by atoms with van der Waals surface area (Å²) < 4.78 is 39.0. The van der Waals surface area contributed by atoms with Crippen LogP contribution in [0.25, 0.3) is 0 Å². The Bertz CT molecular complexity index is 962. The number of rotatable bonds is 9. The standard InChI is InChI=1S/C20H24FN3O4S/c1-3-22-20(26)15-6-4-7-17(14-15)23-19(25)8-5-13-24(2)29(27,28)18-11-9-16(21)10-12-18/h4,6-7,9-12,14H,3,5,8,13H2,1-2H3,(H,22,26)(H,23,25). The highest BCUT2D eigenvalue weighted by Gasteiger charge is 2.20. The summed E-state index contributed by atoms with van der Waals surface area (Å²) in [6, 6.07) is 11.1. The summed E-state index contributed by atoms with van der Waals surface area (Å²) in [5, 5.41) is 5.39. The predicted octanol–water partition coefficient (Wildman–Crippen LogP) is 2.61. The summed E-state index contributed by atoms with van der Waals surface area (Å²) >= 11 is 0. The number of anilines is 1. The maximum absolute atomic E-state index is 13.0. The Balaban J connectivity index is 1.87. The van der Waals surface area contributed by atoms with Crippen LogP contribution in [-0.2, 0) is 14.8 Å². The molecule has 2 N–H and O–H groups in total. The van der Waals surface area contributed by atoms with Gasteiger partial charge in [-0.1, -0.05) is 6.07 Å². The minimum atomic E-state index is -3.74. The van der Waals surface area contributed by atoms with Crippen molar-refractivity contribution in [3.8, 4) is 0 Å². The third-order valence-electron chi connectivity index (χ3n) is 4.14. The molecule has 0 aliphatic carbocycles. The topological polar surface area (TPSA) is 95.6 Å². The highest BCUT2D eigenvalue weighted by molar-refractivity contribution is 7.89. The molecule has 2 aromatic carbocycles. The van der Waals surface area contributed by atoms with Crippen LogP contribution in [0.5, 0.6) is 0 Å². The van der Waals surface area contributed by atoms with Crippen LogP contribution in [0.3, 0.4) is 0 Å². The lowest BCUT2D eigenvalue weighted by Gasteiger charge is -2.17. The Hall–Kier alpha value is -2.78. The van der Waals surface area contributed by atoms with Crippen LogP contribution in [-0.4, -0.2) is 44.7 Å². The average molecular weight is 421 g/mol. The van der Waals surface area contributed by atoms with Gasteiger partial charge in [-0.05, 0) is 55.8 Å². The molecule has 0 spiro atoms. The minimum absolute atomic E-state index is 0.00646. The smallest absolute Gasteiger partial charge is 0.251 e. The second kappa shape index (κ2) is 10.1. The zero-order chi connectivity index (χ0) is 21.4. The molecular weight excluding hydrogens is 397 g/mol. The number of sulfonamides is 1. The van der Waals surface area contributed by atoms with Crippen LogP contribution >= 0.6 is 0 Å². The van der Waals surface area contributed by atoms with Crippen molar-refractivity contribution in [3.63, 3.8) is 0 Å². The summed E-state index contributed by atoms with van der Waals surface area (Å²) in [5.41, 5.74) is 0.931. The van der Waals surface area contributed by atoms with Gasteiger partial charge in [-0.2, -0.15) is 0 Å². The highest BCUT2D eigenvalue weighted by Crippen LogP contribution is 2.16. The van der Waals surface area contributed by atoms with Gasteiger partial charge >= 0.3 is 0 Å². The van der Waals surface area contributed by atoms with E-state index < -0.39 is 15.8 Å². The SMILES string of the molecule is CCNC(=O)c1cccc(NC(=O)CCCN(C)S(=O)(=O)c2ccc(F)cc2)c1. The second-order valence-corrected chi connectivity index (χ2v) is 8.42. The molecule has 9 heteroatoms. The normalized spacial score (nSPS) is 11.3. The van der Waals surface area contributed by atoms with Crippen molar-refractivity contribution < 1.29 is 22.4 Å². The van der Waals surface area contributed by atoms with E-state index in [1.807, 2.05) is 6.92 Å². The number of nitrogens with zero attached hydrogens (tertiary/aromatic N) is 1. The minimum Gasteiger partial charge on any atom is -0.352 e. The zero-order valence-corrected chi connectivity index (χ0v) is 17.1. The first-order chi connectivity index (χ1) is 13.7. The average Bonchev–Trinajstić information content (AvgIpc) is 2.68. The molecule has 0 unspecified atom stereocenters. The van der Waals surface area contributed by atoms with Crippen LogP contribution in [0.15, 0.2) is 53.4 Å². The molecule has 0 heterocycles. The fourth-order valence-corrected chi connectivity index (χ4v) is 3.80. The third kappa shape index (κ3) is 6.37. The van der Waals surface area contributed by atoms with Crippen molar-refractivity contribution in [3.05, 3.63) is 59.9 Å². The molecule has 0 fully saturated rings. The van der Waals surface area contributed by atoms with Crippen molar-refractivity contribution in [2.24, 2.45) is 0 Å². The molecule has 0 bridgehead atoms. The van der Waals surface area contributed by atoms with Gasteiger partial charge in [-0.15, -0.1) is 0 Å². The van der Waals surface area contributed by atoms with E-state index in [0.29, 0.717) is 24.2 Å². The van der Waals surface area contributed by atoms with E-state index in [-0.39, 0.29) is 29.7 Å². The van der Waals surface area contributed by atoms with E-state index in [9.17, 15) is 22.4 Å². The number of amides is 2. The molecule has 0 aliphatic heterocycles. The molecule has 0 saturated carbocycles. The Labute approximate surface area is 170 Å². The molecule has 2 aromatic rings. The van der Waals surface area contributed by atoms with Gasteiger partial charge in [-0.25, -0.2) is 17.1 Å². The molecule has 0 saturated heterocycles. The number of hydrogen-bond donors (Lipinski definition) is 2. The van der Waals surface area contributed by atoms with Crippen molar-refractivity contribution in [2.45, 2.75) is 24.7 Å². The van der Waals surface area contributed by atoms with Crippen LogP contribution in [0, 0.1) is 5.82 Å². The number of benzene rings is 2. The van der Waals surface area contributed by atoms with Crippen molar-refractivity contribution >= 4 is 27.5 Å². The lowest BCUT2D eigenvalue weighted by molar-refractivity contribution is -0.116. The van der Waals surface area contributed by atoms with Gasteiger partial charge in [0.25, 0.3) is 5.91 Å². The molecule has 7 nitrogen and oxygen atoms in total. The van der Waals surface area contributed by atoms with Crippen molar-refractivity contribution in [1.82, 2.24) is 9.62 Å². The first-order valence-corrected chi connectivity index (χ1v) is 10.6. The van der Waals surface area contributed by atoms with Crippen LogP contribution in [0.4, 0.5) is 10.1 Å². The summed E-state index contributed by atoms with van der Waals surface area (Å²) in [6.07, 6.45) is 0.410. The molecule has 0 aromatic heterocycles. The Morgan fingerprint density at radius 2 is 1.79 bits per heavy atom. The lowest BCUT2D eigenvalue weighted by Crippen LogP contribution is -2.28. The summed E-state index contributed by atoms with van der Waals surface area (Å²) in [4.78, 5) is 24.0.